The van der Waals surface area contributed by atoms with E-state index in [2.05, 4.69) is 31.8 Å². The fraction of sp³-hybridized carbons (Fsp3) is 0.367. The van der Waals surface area contributed by atoms with E-state index in [0.717, 1.165) is 53.6 Å². The van der Waals surface area contributed by atoms with E-state index in [1.807, 2.05) is 30.3 Å². The largest absolute Gasteiger partial charge is 0.278 e. The van der Waals surface area contributed by atoms with Crippen LogP contribution in [0.3, 0.4) is 0 Å². The van der Waals surface area contributed by atoms with Gasteiger partial charge in [-0.1, -0.05) is 63.1 Å². The van der Waals surface area contributed by atoms with E-state index in [1.54, 1.807) is 39.7 Å². The summed E-state index contributed by atoms with van der Waals surface area (Å²) < 4.78 is 29.4. The van der Waals surface area contributed by atoms with Crippen molar-refractivity contribution in [3.63, 3.8) is 0 Å². The summed E-state index contributed by atoms with van der Waals surface area (Å²) in [6.07, 6.45) is 6.01. The van der Waals surface area contributed by atoms with Crippen molar-refractivity contribution in [3.8, 4) is 0 Å². The van der Waals surface area contributed by atoms with Gasteiger partial charge in [0.05, 0.1) is 27.4 Å². The molecule has 0 unspecified atom stereocenters. The monoisotopic (exact) mass is 564 g/mol. The number of nitrogens with zero attached hydrogens (tertiary/aromatic N) is 4. The number of carbonyl (C=O) groups is 1. The van der Waals surface area contributed by atoms with E-state index in [4.69, 9.17) is 4.98 Å². The van der Waals surface area contributed by atoms with Crippen LogP contribution in [0.2, 0.25) is 0 Å². The summed E-state index contributed by atoms with van der Waals surface area (Å²) >= 11 is 1.47. The number of carbonyl (C=O) groups excluding carboxylic acids is 1. The molecule has 0 radical (unpaired) electrons. The molecule has 206 valence electrons. The Morgan fingerprint density at radius 1 is 0.897 bits per heavy atom. The van der Waals surface area contributed by atoms with Crippen LogP contribution in [0.15, 0.2) is 71.8 Å². The van der Waals surface area contributed by atoms with Gasteiger partial charge in [0.25, 0.3) is 5.91 Å². The molecular formula is C30H36N4O3S2. The third kappa shape index (κ3) is 6.72. The Kier molecular flexibility index (Phi) is 9.83. The average molecular weight is 565 g/mol. The Balaban J connectivity index is 1.66. The quantitative estimate of drug-likeness (QED) is 0.181. The lowest BCUT2D eigenvalue weighted by atomic mass is 10.1. The molecule has 0 saturated heterocycles. The maximum atomic E-state index is 13.9. The number of fused-ring (bicyclic) bond motifs is 1. The van der Waals surface area contributed by atoms with Crippen molar-refractivity contribution in [2.75, 3.05) is 18.0 Å². The molecule has 2 aromatic carbocycles. The number of thiazole rings is 1. The first-order valence-corrected chi connectivity index (χ1v) is 15.8. The number of hydrogen-bond donors (Lipinski definition) is 0. The summed E-state index contributed by atoms with van der Waals surface area (Å²) in [5, 5.41) is 0.587. The number of pyridine rings is 1. The molecule has 9 heteroatoms. The normalized spacial score (nSPS) is 11.8. The van der Waals surface area contributed by atoms with Crippen molar-refractivity contribution in [1.29, 1.82) is 0 Å². The van der Waals surface area contributed by atoms with Gasteiger partial charge in [-0.15, -0.1) is 0 Å². The van der Waals surface area contributed by atoms with Crippen LogP contribution in [-0.4, -0.2) is 41.7 Å². The Morgan fingerprint density at radius 2 is 1.62 bits per heavy atom. The standard InChI is InChI=1S/C30H36N4O3S2/c1-4-7-20-33(21-8-5-2)39(36,37)26-17-15-24(16-18-26)29(35)34(22-25-13-9-10-19-31-25)30-32-28-23(6-3)12-11-14-27(28)38-30/h9-19H,4-8,20-22H2,1-3H3. The molecule has 0 bridgehead atoms. The summed E-state index contributed by atoms with van der Waals surface area (Å²) in [7, 11) is -3.65. The highest BCUT2D eigenvalue weighted by molar-refractivity contribution is 7.89. The van der Waals surface area contributed by atoms with Crippen LogP contribution in [0.5, 0.6) is 0 Å². The van der Waals surface area contributed by atoms with E-state index in [-0.39, 0.29) is 17.3 Å². The van der Waals surface area contributed by atoms with Crippen molar-refractivity contribution < 1.29 is 13.2 Å². The number of aryl methyl sites for hydroxylation is 1. The number of para-hydroxylation sites is 1. The molecule has 0 fully saturated rings. The van der Waals surface area contributed by atoms with Crippen LogP contribution < -0.4 is 4.90 Å². The highest BCUT2D eigenvalue weighted by Crippen LogP contribution is 2.33. The fourth-order valence-electron chi connectivity index (χ4n) is 4.37. The van der Waals surface area contributed by atoms with Crippen molar-refractivity contribution >= 4 is 42.6 Å². The van der Waals surface area contributed by atoms with Crippen LogP contribution in [0.4, 0.5) is 5.13 Å². The van der Waals surface area contributed by atoms with E-state index < -0.39 is 10.0 Å². The highest BCUT2D eigenvalue weighted by atomic mass is 32.2. The lowest BCUT2D eigenvalue weighted by Gasteiger charge is -2.22. The molecule has 2 heterocycles. The van der Waals surface area contributed by atoms with E-state index in [1.165, 1.54) is 11.3 Å². The number of hydrogen-bond acceptors (Lipinski definition) is 6. The second-order valence-corrected chi connectivity index (χ2v) is 12.4. The molecule has 2 aromatic heterocycles. The molecule has 4 aromatic rings. The number of amides is 1. The zero-order valence-electron chi connectivity index (χ0n) is 22.8. The molecular weight excluding hydrogens is 528 g/mol. The molecule has 4 rings (SSSR count). The number of anilines is 1. The predicted molar refractivity (Wildman–Crippen MR) is 159 cm³/mol. The summed E-state index contributed by atoms with van der Waals surface area (Å²) in [6.45, 7) is 7.44. The molecule has 0 atom stereocenters. The Bertz CT molecular complexity index is 1480. The number of benzene rings is 2. The van der Waals surface area contributed by atoms with Gasteiger partial charge in [-0.05, 0) is 67.3 Å². The number of sulfonamides is 1. The summed E-state index contributed by atoms with van der Waals surface area (Å²) in [6, 6.07) is 18.0. The minimum atomic E-state index is -3.65. The van der Waals surface area contributed by atoms with E-state index in [9.17, 15) is 13.2 Å². The maximum absolute atomic E-state index is 13.9. The smallest absolute Gasteiger partial charge is 0.260 e. The van der Waals surface area contributed by atoms with Crippen LogP contribution in [-0.2, 0) is 23.0 Å². The van der Waals surface area contributed by atoms with Crippen LogP contribution in [0.25, 0.3) is 10.2 Å². The summed E-state index contributed by atoms with van der Waals surface area (Å²) in [5.74, 6) is -0.254. The first-order chi connectivity index (χ1) is 18.9. The van der Waals surface area contributed by atoms with Crippen LogP contribution in [0.1, 0.15) is 68.1 Å². The van der Waals surface area contributed by atoms with Gasteiger partial charge in [0.2, 0.25) is 10.0 Å². The molecule has 0 spiro atoms. The highest BCUT2D eigenvalue weighted by Gasteiger charge is 2.26. The second kappa shape index (κ2) is 13.3. The Labute approximate surface area is 235 Å². The van der Waals surface area contributed by atoms with Crippen molar-refractivity contribution in [1.82, 2.24) is 14.3 Å². The van der Waals surface area contributed by atoms with Crippen LogP contribution >= 0.6 is 11.3 Å². The van der Waals surface area contributed by atoms with Gasteiger partial charge in [0.1, 0.15) is 0 Å². The zero-order chi connectivity index (χ0) is 27.8. The van der Waals surface area contributed by atoms with E-state index >= 15 is 0 Å². The predicted octanol–water partition coefficient (Wildman–Crippen LogP) is 6.69. The Hall–Kier alpha value is -3.14. The minimum absolute atomic E-state index is 0.204. The lowest BCUT2D eigenvalue weighted by molar-refractivity contribution is 0.0984. The maximum Gasteiger partial charge on any atom is 0.260 e. The van der Waals surface area contributed by atoms with E-state index in [0.29, 0.717) is 23.8 Å². The molecule has 0 N–H and O–H groups in total. The van der Waals surface area contributed by atoms with Gasteiger partial charge in [-0.2, -0.15) is 4.31 Å². The van der Waals surface area contributed by atoms with Gasteiger partial charge in [0, 0.05) is 24.8 Å². The molecule has 0 aliphatic heterocycles. The first-order valence-electron chi connectivity index (χ1n) is 13.6. The summed E-state index contributed by atoms with van der Waals surface area (Å²) in [5.41, 5.74) is 3.17. The fourth-order valence-corrected chi connectivity index (χ4v) is 6.90. The van der Waals surface area contributed by atoms with Crippen molar-refractivity contribution in [2.45, 2.75) is 64.3 Å². The first kappa shape index (κ1) is 28.9. The van der Waals surface area contributed by atoms with Gasteiger partial charge in [0.15, 0.2) is 5.13 Å². The van der Waals surface area contributed by atoms with Crippen molar-refractivity contribution in [3.05, 3.63) is 83.7 Å². The number of aromatic nitrogens is 2. The third-order valence-corrected chi connectivity index (χ3v) is 9.61. The minimum Gasteiger partial charge on any atom is -0.278 e. The number of unbranched alkanes of at least 4 members (excludes halogenated alkanes) is 2. The molecule has 0 aliphatic rings. The van der Waals surface area contributed by atoms with Crippen LogP contribution in [0, 0.1) is 0 Å². The molecule has 39 heavy (non-hydrogen) atoms. The number of rotatable bonds is 13. The third-order valence-electron chi connectivity index (χ3n) is 6.66. The van der Waals surface area contributed by atoms with Gasteiger partial charge < -0.3 is 0 Å². The SMILES string of the molecule is CCCCN(CCCC)S(=O)(=O)c1ccc(C(=O)N(Cc2ccccn2)c2nc3c(CC)cccc3s2)cc1. The molecule has 0 saturated carbocycles. The topological polar surface area (TPSA) is 83.5 Å². The molecule has 0 aliphatic carbocycles. The lowest BCUT2D eigenvalue weighted by Crippen LogP contribution is -2.33. The summed E-state index contributed by atoms with van der Waals surface area (Å²) in [4.78, 5) is 25.0. The zero-order valence-corrected chi connectivity index (χ0v) is 24.5. The van der Waals surface area contributed by atoms with Crippen molar-refractivity contribution in [2.24, 2.45) is 0 Å². The molecule has 7 nitrogen and oxygen atoms in total. The van der Waals surface area contributed by atoms with Gasteiger partial charge in [-0.25, -0.2) is 13.4 Å². The second-order valence-electron chi connectivity index (χ2n) is 9.46. The van der Waals surface area contributed by atoms with Gasteiger partial charge >= 0.3 is 0 Å². The molecule has 1 amide bonds. The van der Waals surface area contributed by atoms with Gasteiger partial charge in [-0.3, -0.25) is 14.7 Å². The average Bonchev–Trinajstić information content (AvgIpc) is 3.40. The Morgan fingerprint density at radius 3 is 2.23 bits per heavy atom.